The summed E-state index contributed by atoms with van der Waals surface area (Å²) in [5.41, 5.74) is 1.61. The SMILES string of the molecule is C=CCC(O)c1cnc2ccc(Br)cn12. The number of aliphatic hydroxyl groups excluding tert-OH is 1. The van der Waals surface area contributed by atoms with E-state index < -0.39 is 6.10 Å². The van der Waals surface area contributed by atoms with Gasteiger partial charge in [-0.05, 0) is 34.5 Å². The van der Waals surface area contributed by atoms with E-state index in [4.69, 9.17) is 0 Å². The molecular formula is C11H11BrN2O. The third-order valence-corrected chi connectivity index (χ3v) is 2.70. The Labute approximate surface area is 96.2 Å². The first kappa shape index (κ1) is 10.4. The van der Waals surface area contributed by atoms with Gasteiger partial charge in [0.15, 0.2) is 0 Å². The molecule has 4 heteroatoms. The highest BCUT2D eigenvalue weighted by molar-refractivity contribution is 9.10. The number of halogens is 1. The summed E-state index contributed by atoms with van der Waals surface area (Å²) < 4.78 is 2.83. The van der Waals surface area contributed by atoms with Crippen molar-refractivity contribution in [2.24, 2.45) is 0 Å². The van der Waals surface area contributed by atoms with Crippen molar-refractivity contribution in [3.8, 4) is 0 Å². The molecule has 3 nitrogen and oxygen atoms in total. The highest BCUT2D eigenvalue weighted by Gasteiger charge is 2.11. The summed E-state index contributed by atoms with van der Waals surface area (Å²) >= 11 is 3.39. The molecule has 0 saturated carbocycles. The predicted molar refractivity (Wildman–Crippen MR) is 62.7 cm³/mol. The number of pyridine rings is 1. The van der Waals surface area contributed by atoms with Gasteiger partial charge in [0.05, 0.1) is 18.0 Å². The molecule has 78 valence electrons. The van der Waals surface area contributed by atoms with Crippen LogP contribution in [0.1, 0.15) is 18.2 Å². The fourth-order valence-electron chi connectivity index (χ4n) is 1.50. The molecule has 2 rings (SSSR count). The Morgan fingerprint density at radius 3 is 3.13 bits per heavy atom. The molecule has 0 saturated heterocycles. The summed E-state index contributed by atoms with van der Waals surface area (Å²) in [6, 6.07) is 3.82. The number of rotatable bonds is 3. The standard InChI is InChI=1S/C11H11BrN2O/c1-2-3-10(15)9-6-13-11-5-4-8(12)7-14(9)11/h2,4-7,10,15H,1,3H2. The fraction of sp³-hybridized carbons (Fsp3) is 0.182. The molecule has 2 aromatic heterocycles. The zero-order chi connectivity index (χ0) is 10.8. The van der Waals surface area contributed by atoms with E-state index in [0.29, 0.717) is 6.42 Å². The maximum atomic E-state index is 9.85. The molecule has 2 aromatic rings. The smallest absolute Gasteiger partial charge is 0.137 e. The van der Waals surface area contributed by atoms with E-state index in [9.17, 15) is 5.11 Å². The summed E-state index contributed by atoms with van der Waals surface area (Å²) in [5, 5.41) is 9.85. The lowest BCUT2D eigenvalue weighted by molar-refractivity contribution is 0.176. The van der Waals surface area contributed by atoms with E-state index in [1.807, 2.05) is 22.7 Å². The molecule has 2 heterocycles. The highest BCUT2D eigenvalue weighted by atomic mass is 79.9. The molecule has 0 amide bonds. The van der Waals surface area contributed by atoms with Crippen LogP contribution < -0.4 is 0 Å². The Balaban J connectivity index is 2.51. The molecule has 15 heavy (non-hydrogen) atoms. The van der Waals surface area contributed by atoms with Gasteiger partial charge in [-0.1, -0.05) is 6.08 Å². The van der Waals surface area contributed by atoms with Crippen molar-refractivity contribution in [2.45, 2.75) is 12.5 Å². The minimum absolute atomic E-state index is 0.528. The molecule has 0 spiro atoms. The van der Waals surface area contributed by atoms with Crippen molar-refractivity contribution in [1.29, 1.82) is 0 Å². The largest absolute Gasteiger partial charge is 0.386 e. The third kappa shape index (κ3) is 1.96. The normalized spacial score (nSPS) is 12.9. The van der Waals surface area contributed by atoms with Crippen molar-refractivity contribution in [2.75, 3.05) is 0 Å². The second kappa shape index (κ2) is 4.16. The number of aromatic nitrogens is 2. The monoisotopic (exact) mass is 266 g/mol. The molecule has 0 aliphatic carbocycles. The first-order chi connectivity index (χ1) is 7.22. The van der Waals surface area contributed by atoms with Crippen LogP contribution in [0, 0.1) is 0 Å². The lowest BCUT2D eigenvalue weighted by Gasteiger charge is -2.07. The second-order valence-electron chi connectivity index (χ2n) is 3.30. The minimum atomic E-state index is -0.549. The van der Waals surface area contributed by atoms with Crippen LogP contribution in [-0.4, -0.2) is 14.5 Å². The molecule has 1 atom stereocenters. The Hall–Kier alpha value is -1.13. The highest BCUT2D eigenvalue weighted by Crippen LogP contribution is 2.20. The number of imidazole rings is 1. The van der Waals surface area contributed by atoms with Gasteiger partial charge in [0, 0.05) is 10.7 Å². The van der Waals surface area contributed by atoms with Gasteiger partial charge >= 0.3 is 0 Å². The van der Waals surface area contributed by atoms with Gasteiger partial charge in [-0.25, -0.2) is 4.98 Å². The first-order valence-corrected chi connectivity index (χ1v) is 5.43. The van der Waals surface area contributed by atoms with Gasteiger partial charge in [-0.2, -0.15) is 0 Å². The van der Waals surface area contributed by atoms with Gasteiger partial charge in [-0.3, -0.25) is 0 Å². The van der Waals surface area contributed by atoms with E-state index in [1.54, 1.807) is 12.3 Å². The zero-order valence-electron chi connectivity index (χ0n) is 8.10. The van der Waals surface area contributed by atoms with Crippen molar-refractivity contribution >= 4 is 21.6 Å². The zero-order valence-corrected chi connectivity index (χ0v) is 9.68. The molecule has 0 fully saturated rings. The molecule has 0 aliphatic rings. The summed E-state index contributed by atoms with van der Waals surface area (Å²) in [6.45, 7) is 3.61. The van der Waals surface area contributed by atoms with Gasteiger partial charge in [0.2, 0.25) is 0 Å². The number of hydrogen-bond acceptors (Lipinski definition) is 2. The lowest BCUT2D eigenvalue weighted by Crippen LogP contribution is -2.00. The van der Waals surface area contributed by atoms with E-state index in [1.165, 1.54) is 0 Å². The van der Waals surface area contributed by atoms with Gasteiger partial charge in [-0.15, -0.1) is 6.58 Å². The van der Waals surface area contributed by atoms with Gasteiger partial charge < -0.3 is 9.51 Å². The van der Waals surface area contributed by atoms with Crippen LogP contribution in [0.3, 0.4) is 0 Å². The number of aliphatic hydroxyl groups is 1. The number of nitrogens with zero attached hydrogens (tertiary/aromatic N) is 2. The number of hydrogen-bond donors (Lipinski definition) is 1. The summed E-state index contributed by atoms with van der Waals surface area (Å²) in [7, 11) is 0. The van der Waals surface area contributed by atoms with Crippen molar-refractivity contribution < 1.29 is 5.11 Å². The van der Waals surface area contributed by atoms with E-state index >= 15 is 0 Å². The molecule has 0 aromatic carbocycles. The van der Waals surface area contributed by atoms with Gasteiger partial charge in [0.1, 0.15) is 5.65 Å². The predicted octanol–water partition coefficient (Wildman–Crippen LogP) is 2.71. The molecule has 0 bridgehead atoms. The Morgan fingerprint density at radius 1 is 1.60 bits per heavy atom. The topological polar surface area (TPSA) is 37.5 Å². The Kier molecular flexibility index (Phi) is 2.88. The van der Waals surface area contributed by atoms with Crippen molar-refractivity contribution in [3.05, 3.63) is 47.3 Å². The van der Waals surface area contributed by atoms with Crippen molar-refractivity contribution in [3.63, 3.8) is 0 Å². The van der Waals surface area contributed by atoms with E-state index in [0.717, 1.165) is 15.8 Å². The molecule has 0 radical (unpaired) electrons. The van der Waals surface area contributed by atoms with Crippen LogP contribution in [0.25, 0.3) is 5.65 Å². The third-order valence-electron chi connectivity index (χ3n) is 2.23. The minimum Gasteiger partial charge on any atom is -0.386 e. The molecule has 1 N–H and O–H groups in total. The van der Waals surface area contributed by atoms with E-state index in [-0.39, 0.29) is 0 Å². The van der Waals surface area contributed by atoms with Crippen LogP contribution >= 0.6 is 15.9 Å². The van der Waals surface area contributed by atoms with E-state index in [2.05, 4.69) is 27.5 Å². The summed E-state index contributed by atoms with van der Waals surface area (Å²) in [6.07, 6.45) is 5.26. The van der Waals surface area contributed by atoms with Crippen LogP contribution in [0.4, 0.5) is 0 Å². The molecule has 0 aliphatic heterocycles. The van der Waals surface area contributed by atoms with Gasteiger partial charge in [0.25, 0.3) is 0 Å². The molecule has 1 unspecified atom stereocenters. The first-order valence-electron chi connectivity index (χ1n) is 4.64. The maximum absolute atomic E-state index is 9.85. The Morgan fingerprint density at radius 2 is 2.40 bits per heavy atom. The average Bonchev–Trinajstić information content (AvgIpc) is 2.60. The quantitative estimate of drug-likeness (QED) is 0.868. The van der Waals surface area contributed by atoms with Crippen LogP contribution in [-0.2, 0) is 0 Å². The fourth-order valence-corrected chi connectivity index (χ4v) is 1.84. The summed E-state index contributed by atoms with van der Waals surface area (Å²) in [5.74, 6) is 0. The average molecular weight is 267 g/mol. The van der Waals surface area contributed by atoms with Crippen LogP contribution in [0.5, 0.6) is 0 Å². The maximum Gasteiger partial charge on any atom is 0.137 e. The van der Waals surface area contributed by atoms with Crippen LogP contribution in [0.15, 0.2) is 41.7 Å². The lowest BCUT2D eigenvalue weighted by atomic mass is 10.2. The number of fused-ring (bicyclic) bond motifs is 1. The summed E-state index contributed by atoms with van der Waals surface area (Å²) in [4.78, 5) is 4.21. The second-order valence-corrected chi connectivity index (χ2v) is 4.21. The molecular weight excluding hydrogens is 256 g/mol. The van der Waals surface area contributed by atoms with Crippen molar-refractivity contribution in [1.82, 2.24) is 9.38 Å². The van der Waals surface area contributed by atoms with Crippen LogP contribution in [0.2, 0.25) is 0 Å². The Bertz CT molecular complexity index is 492.